The molecule has 2 saturated heterocycles. The van der Waals surface area contributed by atoms with E-state index in [4.69, 9.17) is 32.5 Å². The Morgan fingerprint density at radius 3 is 1.91 bits per heavy atom. The van der Waals surface area contributed by atoms with E-state index in [9.17, 15) is 19.2 Å². The zero-order valence-corrected chi connectivity index (χ0v) is 48.7. The summed E-state index contributed by atoms with van der Waals surface area (Å²) in [5, 5.41) is -0.1000. The van der Waals surface area contributed by atoms with E-state index in [0.717, 1.165) is 36.8 Å². The normalized spacial score (nSPS) is 35.2. The summed E-state index contributed by atoms with van der Waals surface area (Å²) in [4.78, 5) is 60.3. The molecule has 2 bridgehead atoms. The molecular weight excluding hydrogens is 907 g/mol. The number of allylic oxidation sites excluding steroid dienone is 3. The molecule has 1 aliphatic carbocycles. The predicted molar refractivity (Wildman–Crippen MR) is 279 cm³/mol. The van der Waals surface area contributed by atoms with E-state index < -0.39 is 76.8 Å². The average molecular weight is 1000 g/mol. The van der Waals surface area contributed by atoms with Gasteiger partial charge >= 0.3 is 5.97 Å². The highest BCUT2D eigenvalue weighted by atomic mass is 28.4. The van der Waals surface area contributed by atoms with Crippen molar-refractivity contribution in [3.8, 4) is 0 Å². The molecule has 3 aliphatic heterocycles. The van der Waals surface area contributed by atoms with E-state index in [1.165, 1.54) is 4.90 Å². The van der Waals surface area contributed by atoms with Crippen molar-refractivity contribution in [2.75, 3.05) is 27.9 Å². The Morgan fingerprint density at radius 1 is 0.768 bits per heavy atom. The Kier molecular flexibility index (Phi) is 21.4. The van der Waals surface area contributed by atoms with Crippen LogP contribution in [0.2, 0.25) is 36.3 Å². The second-order valence-corrected chi connectivity index (χ2v) is 34.2. The second kappa shape index (κ2) is 24.8. The molecule has 1 amide bonds. The summed E-state index contributed by atoms with van der Waals surface area (Å²) in [5.74, 6) is -2.68. The number of hydrogen-bond donors (Lipinski definition) is 0. The lowest BCUT2D eigenvalue weighted by Crippen LogP contribution is -2.58. The van der Waals surface area contributed by atoms with Gasteiger partial charge < -0.3 is 37.4 Å². The average Bonchev–Trinajstić information content (AvgIpc) is 3.27. The fraction of sp³-hybridized carbons (Fsp3) is 0.855. The lowest BCUT2D eigenvalue weighted by atomic mass is 9.81. The van der Waals surface area contributed by atoms with E-state index >= 15 is 0 Å². The highest BCUT2D eigenvalue weighted by Crippen LogP contribution is 2.43. The molecule has 0 aromatic rings. The first-order chi connectivity index (χ1) is 32.0. The van der Waals surface area contributed by atoms with Gasteiger partial charge in [-0.25, -0.2) is 4.79 Å². The summed E-state index contributed by atoms with van der Waals surface area (Å²) in [5.41, 5.74) is 1.98. The molecule has 4 rings (SSSR count). The molecule has 0 spiro atoms. The molecule has 69 heavy (non-hydrogen) atoms. The number of fused-ring (bicyclic) bond motifs is 3. The van der Waals surface area contributed by atoms with Crippen molar-refractivity contribution in [3.05, 3.63) is 23.3 Å². The van der Waals surface area contributed by atoms with Gasteiger partial charge in [-0.2, -0.15) is 0 Å². The van der Waals surface area contributed by atoms with Crippen LogP contribution in [-0.2, 0) is 51.7 Å². The first kappa shape index (κ1) is 59.5. The Bertz CT molecular complexity index is 1800. The summed E-state index contributed by atoms with van der Waals surface area (Å²) in [6.45, 7) is 34.9. The summed E-state index contributed by atoms with van der Waals surface area (Å²) < 4.78 is 45.9. The van der Waals surface area contributed by atoms with E-state index in [2.05, 4.69) is 101 Å². The largest absolute Gasteiger partial charge is 0.456 e. The summed E-state index contributed by atoms with van der Waals surface area (Å²) in [6.07, 6.45) is 7.32. The SMILES string of the molecule is CCC1C=C(C)CC(C)CC(OC)C2OC(C(=O)C(=O)N3CCCCC3C(=O)OC(C(C)=CC3CCC(O[Si](C)(C)C(C)(C)C)C(OC)C3)C(C)C(O[Si](C)(C)C(C)(C)C)CC1=O)C(C)CC2OC. The number of amides is 1. The van der Waals surface area contributed by atoms with Crippen molar-refractivity contribution >= 4 is 40.1 Å². The maximum atomic E-state index is 15.0. The number of nitrogens with zero attached hydrogens (tertiary/aromatic N) is 1. The summed E-state index contributed by atoms with van der Waals surface area (Å²) in [6, 6.07) is -0.972. The fourth-order valence-corrected chi connectivity index (χ4v) is 13.5. The molecule has 1 saturated carbocycles. The predicted octanol–water partition coefficient (Wildman–Crippen LogP) is 11.2. The number of piperidine rings is 1. The highest BCUT2D eigenvalue weighted by molar-refractivity contribution is 6.74. The third kappa shape index (κ3) is 15.0. The number of cyclic esters (lactones) is 1. The Hall–Kier alpha value is -2.05. The number of carbonyl (C=O) groups excluding carboxylic acids is 4. The highest BCUT2D eigenvalue weighted by Gasteiger charge is 2.49. The van der Waals surface area contributed by atoms with Crippen LogP contribution in [-0.4, -0.2) is 128 Å². The van der Waals surface area contributed by atoms with Crippen molar-refractivity contribution in [2.45, 2.75) is 245 Å². The van der Waals surface area contributed by atoms with Crippen LogP contribution in [0, 0.1) is 29.6 Å². The number of Topliss-reactive ketones (excluding diaryl/α,β-unsaturated/α-hetero) is 2. The van der Waals surface area contributed by atoms with Crippen molar-refractivity contribution < 1.29 is 51.7 Å². The molecule has 12 nitrogen and oxygen atoms in total. The Morgan fingerprint density at radius 2 is 1.35 bits per heavy atom. The molecular formula is C55H97NO11Si2. The van der Waals surface area contributed by atoms with Gasteiger partial charge in [0.1, 0.15) is 30.1 Å². The van der Waals surface area contributed by atoms with Crippen LogP contribution in [0.4, 0.5) is 0 Å². The molecule has 3 heterocycles. The van der Waals surface area contributed by atoms with Gasteiger partial charge in [0.2, 0.25) is 5.78 Å². The third-order valence-electron chi connectivity index (χ3n) is 17.1. The molecule has 14 heteroatoms. The number of hydrogen-bond acceptors (Lipinski definition) is 11. The van der Waals surface area contributed by atoms with Crippen LogP contribution in [0.15, 0.2) is 23.3 Å². The maximum absolute atomic E-state index is 15.0. The lowest BCUT2D eigenvalue weighted by molar-refractivity contribution is -0.199. The molecule has 0 aromatic carbocycles. The smallest absolute Gasteiger partial charge is 0.329 e. The molecule has 14 atom stereocenters. The standard InChI is InChI=1S/C55H97NO11Si2/c1-20-40-28-34(2)27-35(3)29-46(62-14)51-47(63-15)31-37(5)50(64-51)48(58)52(59)56-26-22-21-23-41(56)53(60)65-49(38(6)44(33-42(40)57)67-69(18,19)55(10,11)12)36(4)30-39-24-25-43(45(32-39)61-13)66-68(16,17)54(7,8)9/h28,30,35,37-41,43-47,49-51H,20-27,29,31-33H2,1-19H3. The Balaban J connectivity index is 1.85. The minimum absolute atomic E-state index is 0.0131. The molecule has 14 unspecified atom stereocenters. The van der Waals surface area contributed by atoms with Gasteiger partial charge in [-0.05, 0) is 138 Å². The first-order valence-corrected chi connectivity index (χ1v) is 32.3. The van der Waals surface area contributed by atoms with Crippen LogP contribution in [0.1, 0.15) is 154 Å². The lowest BCUT2D eigenvalue weighted by Gasteiger charge is -2.44. The number of rotatable bonds is 10. The van der Waals surface area contributed by atoms with E-state index in [1.807, 2.05) is 20.8 Å². The first-order valence-electron chi connectivity index (χ1n) is 26.5. The molecule has 0 aromatic heterocycles. The molecule has 3 fully saturated rings. The van der Waals surface area contributed by atoms with Crippen LogP contribution < -0.4 is 0 Å². The van der Waals surface area contributed by atoms with Crippen LogP contribution in [0.25, 0.3) is 0 Å². The van der Waals surface area contributed by atoms with Crippen molar-refractivity contribution in [1.82, 2.24) is 4.90 Å². The van der Waals surface area contributed by atoms with Gasteiger partial charge in [-0.15, -0.1) is 0 Å². The van der Waals surface area contributed by atoms with Gasteiger partial charge in [0.25, 0.3) is 5.91 Å². The van der Waals surface area contributed by atoms with E-state index in [1.54, 1.807) is 21.3 Å². The zero-order valence-electron chi connectivity index (χ0n) is 46.7. The zero-order chi connectivity index (χ0) is 52.0. The van der Waals surface area contributed by atoms with Gasteiger partial charge in [-0.3, -0.25) is 14.4 Å². The third-order valence-corrected chi connectivity index (χ3v) is 26.2. The minimum atomic E-state index is -2.51. The van der Waals surface area contributed by atoms with Crippen LogP contribution in [0.5, 0.6) is 0 Å². The number of methoxy groups -OCH3 is 3. The van der Waals surface area contributed by atoms with Gasteiger partial charge in [0.05, 0.1) is 30.5 Å². The van der Waals surface area contributed by atoms with Crippen LogP contribution >= 0.6 is 0 Å². The molecule has 4 aliphatic rings. The monoisotopic (exact) mass is 1000 g/mol. The van der Waals surface area contributed by atoms with Gasteiger partial charge in [0, 0.05) is 46.1 Å². The maximum Gasteiger partial charge on any atom is 0.329 e. The second-order valence-electron chi connectivity index (χ2n) is 24.7. The topological polar surface area (TPSA) is 136 Å². The molecule has 0 N–H and O–H groups in total. The number of carbonyl (C=O) groups is 4. The van der Waals surface area contributed by atoms with E-state index in [-0.39, 0.29) is 70.8 Å². The number of ether oxygens (including phenoxy) is 5. The minimum Gasteiger partial charge on any atom is -0.456 e. The molecule has 396 valence electrons. The number of ketones is 2. The van der Waals surface area contributed by atoms with Crippen molar-refractivity contribution in [3.63, 3.8) is 0 Å². The summed E-state index contributed by atoms with van der Waals surface area (Å²) in [7, 11) is 0.483. The van der Waals surface area contributed by atoms with Gasteiger partial charge in [0.15, 0.2) is 16.6 Å². The summed E-state index contributed by atoms with van der Waals surface area (Å²) >= 11 is 0. The quantitative estimate of drug-likeness (QED) is 0.0895. The Labute approximate surface area is 420 Å². The number of esters is 1. The van der Waals surface area contributed by atoms with Crippen LogP contribution in [0.3, 0.4) is 0 Å². The molecule has 0 radical (unpaired) electrons. The van der Waals surface area contributed by atoms with Crippen molar-refractivity contribution in [1.29, 1.82) is 0 Å². The van der Waals surface area contributed by atoms with Crippen molar-refractivity contribution in [2.24, 2.45) is 29.6 Å². The van der Waals surface area contributed by atoms with E-state index in [0.29, 0.717) is 38.5 Å². The fourth-order valence-electron chi connectivity index (χ4n) is 10.8. The van der Waals surface area contributed by atoms with Gasteiger partial charge in [-0.1, -0.05) is 87.0 Å².